The number of rotatable bonds is 0. The molecule has 0 bridgehead atoms. The summed E-state index contributed by atoms with van der Waals surface area (Å²) in [6, 6.07) is 0. The van der Waals surface area contributed by atoms with Crippen LogP contribution in [0.15, 0.2) is 0 Å². The summed E-state index contributed by atoms with van der Waals surface area (Å²) in [6.45, 7) is 9.28. The first-order valence-electron chi connectivity index (χ1n) is 3.28. The Labute approximate surface area is 65.6 Å². The summed E-state index contributed by atoms with van der Waals surface area (Å²) >= 11 is 0. The van der Waals surface area contributed by atoms with Crippen LogP contribution >= 0.6 is 21.6 Å². The van der Waals surface area contributed by atoms with E-state index in [2.05, 4.69) is 27.7 Å². The van der Waals surface area contributed by atoms with Crippen LogP contribution in [0.25, 0.3) is 0 Å². The Bertz CT molecular complexity index is 102. The van der Waals surface area contributed by atoms with E-state index < -0.39 is 0 Å². The predicted octanol–water partition coefficient (Wildman–Crippen LogP) is 3.33. The van der Waals surface area contributed by atoms with Gasteiger partial charge < -0.3 is 0 Å². The van der Waals surface area contributed by atoms with Crippen LogP contribution in [0, 0.1) is 0 Å². The molecule has 0 spiro atoms. The van der Waals surface area contributed by atoms with Crippen molar-refractivity contribution in [3.63, 3.8) is 0 Å². The zero-order valence-electron chi connectivity index (χ0n) is 6.52. The molecule has 0 saturated carbocycles. The van der Waals surface area contributed by atoms with Crippen molar-refractivity contribution >= 4 is 21.6 Å². The molecule has 0 aromatic rings. The SMILES string of the molecule is CC1(C)CC(C)(C)SS1. The van der Waals surface area contributed by atoms with Gasteiger partial charge in [0, 0.05) is 9.49 Å². The molecule has 0 amide bonds. The third-order valence-corrected chi connectivity index (χ3v) is 5.58. The predicted molar refractivity (Wildman–Crippen MR) is 48.0 cm³/mol. The molecule has 0 aromatic carbocycles. The van der Waals surface area contributed by atoms with E-state index in [9.17, 15) is 0 Å². The van der Waals surface area contributed by atoms with E-state index in [-0.39, 0.29) is 0 Å². The Hall–Kier alpha value is 0.700. The zero-order chi connectivity index (χ0) is 7.12. The van der Waals surface area contributed by atoms with Gasteiger partial charge in [-0.25, -0.2) is 0 Å². The highest BCUT2D eigenvalue weighted by Crippen LogP contribution is 2.56. The van der Waals surface area contributed by atoms with E-state index in [0.29, 0.717) is 9.49 Å². The minimum absolute atomic E-state index is 0.508. The zero-order valence-corrected chi connectivity index (χ0v) is 8.16. The molecule has 54 valence electrons. The molecule has 1 aliphatic heterocycles. The lowest BCUT2D eigenvalue weighted by molar-refractivity contribution is 0.556. The van der Waals surface area contributed by atoms with Gasteiger partial charge in [0.2, 0.25) is 0 Å². The van der Waals surface area contributed by atoms with Gasteiger partial charge in [-0.15, -0.1) is 0 Å². The topological polar surface area (TPSA) is 0 Å². The van der Waals surface area contributed by atoms with Gasteiger partial charge in [0.15, 0.2) is 0 Å². The molecule has 1 rings (SSSR count). The van der Waals surface area contributed by atoms with E-state index in [1.54, 1.807) is 0 Å². The fraction of sp³-hybridized carbons (Fsp3) is 1.00. The van der Waals surface area contributed by atoms with Crippen LogP contribution in [0.4, 0.5) is 0 Å². The van der Waals surface area contributed by atoms with Gasteiger partial charge in [-0.1, -0.05) is 21.6 Å². The first-order valence-corrected chi connectivity index (χ1v) is 5.43. The quantitative estimate of drug-likeness (QED) is 0.501. The molecule has 1 fully saturated rings. The molecular weight excluding hydrogens is 148 g/mol. The standard InChI is InChI=1S/C7H14S2/c1-6(2)5-7(3,4)9-8-6/h5H2,1-4H3. The molecule has 1 saturated heterocycles. The summed E-state index contributed by atoms with van der Waals surface area (Å²) in [5, 5.41) is 0. The largest absolute Gasteiger partial charge is 0.0873 e. The average Bonchev–Trinajstić information content (AvgIpc) is 1.78. The molecule has 0 radical (unpaired) electrons. The van der Waals surface area contributed by atoms with Crippen LogP contribution in [0.2, 0.25) is 0 Å². The van der Waals surface area contributed by atoms with Gasteiger partial charge in [0.1, 0.15) is 0 Å². The molecule has 0 unspecified atom stereocenters. The highest BCUT2D eigenvalue weighted by Gasteiger charge is 2.37. The lowest BCUT2D eigenvalue weighted by Crippen LogP contribution is -2.18. The van der Waals surface area contributed by atoms with Crippen molar-refractivity contribution in [3.8, 4) is 0 Å². The van der Waals surface area contributed by atoms with E-state index >= 15 is 0 Å². The number of hydrogen-bond acceptors (Lipinski definition) is 2. The molecule has 9 heavy (non-hydrogen) atoms. The van der Waals surface area contributed by atoms with E-state index in [1.165, 1.54) is 6.42 Å². The van der Waals surface area contributed by atoms with Crippen molar-refractivity contribution in [2.75, 3.05) is 0 Å². The van der Waals surface area contributed by atoms with Crippen LogP contribution in [0.1, 0.15) is 34.1 Å². The van der Waals surface area contributed by atoms with Crippen molar-refractivity contribution in [2.45, 2.75) is 43.6 Å². The maximum Gasteiger partial charge on any atom is 0.0220 e. The first kappa shape index (κ1) is 7.80. The monoisotopic (exact) mass is 162 g/mol. The van der Waals surface area contributed by atoms with Gasteiger partial charge in [-0.05, 0) is 34.1 Å². The second kappa shape index (κ2) is 2.09. The van der Waals surface area contributed by atoms with Crippen LogP contribution in [-0.2, 0) is 0 Å². The van der Waals surface area contributed by atoms with Crippen LogP contribution in [0.3, 0.4) is 0 Å². The Morgan fingerprint density at radius 2 is 1.22 bits per heavy atom. The molecular formula is C7H14S2. The molecule has 0 nitrogen and oxygen atoms in total. The summed E-state index contributed by atoms with van der Waals surface area (Å²) < 4.78 is 1.02. The van der Waals surface area contributed by atoms with E-state index in [1.807, 2.05) is 21.6 Å². The molecule has 0 aromatic heterocycles. The van der Waals surface area contributed by atoms with Gasteiger partial charge in [0.05, 0.1) is 0 Å². The van der Waals surface area contributed by atoms with E-state index in [4.69, 9.17) is 0 Å². The minimum Gasteiger partial charge on any atom is -0.0873 e. The maximum atomic E-state index is 2.32. The Morgan fingerprint density at radius 1 is 0.889 bits per heavy atom. The van der Waals surface area contributed by atoms with Crippen molar-refractivity contribution < 1.29 is 0 Å². The average molecular weight is 162 g/mol. The molecule has 1 aliphatic rings. The minimum atomic E-state index is 0.508. The molecule has 2 heteroatoms. The summed E-state index contributed by atoms with van der Waals surface area (Å²) in [5.74, 6) is 0. The van der Waals surface area contributed by atoms with E-state index in [0.717, 1.165) is 0 Å². The van der Waals surface area contributed by atoms with Crippen LogP contribution in [-0.4, -0.2) is 9.49 Å². The summed E-state index contributed by atoms with van der Waals surface area (Å²) in [5.41, 5.74) is 0. The van der Waals surface area contributed by atoms with Crippen LogP contribution < -0.4 is 0 Å². The lowest BCUT2D eigenvalue weighted by atomic mass is 9.99. The third-order valence-electron chi connectivity index (χ3n) is 1.34. The number of hydrogen-bond donors (Lipinski definition) is 0. The van der Waals surface area contributed by atoms with Gasteiger partial charge in [-0.2, -0.15) is 0 Å². The second-order valence-corrected chi connectivity index (χ2v) is 7.41. The van der Waals surface area contributed by atoms with Crippen molar-refractivity contribution in [1.29, 1.82) is 0 Å². The van der Waals surface area contributed by atoms with Gasteiger partial charge in [-0.3, -0.25) is 0 Å². The van der Waals surface area contributed by atoms with Crippen molar-refractivity contribution in [2.24, 2.45) is 0 Å². The summed E-state index contributed by atoms with van der Waals surface area (Å²) in [4.78, 5) is 0. The highest BCUT2D eigenvalue weighted by molar-refractivity contribution is 8.78. The summed E-state index contributed by atoms with van der Waals surface area (Å²) in [6.07, 6.45) is 1.33. The van der Waals surface area contributed by atoms with Crippen molar-refractivity contribution in [3.05, 3.63) is 0 Å². The fourth-order valence-corrected chi connectivity index (χ4v) is 4.40. The lowest BCUT2D eigenvalue weighted by Gasteiger charge is -2.17. The molecule has 1 heterocycles. The Morgan fingerprint density at radius 3 is 1.33 bits per heavy atom. The second-order valence-electron chi connectivity index (χ2n) is 3.86. The highest BCUT2D eigenvalue weighted by atomic mass is 33.1. The Kier molecular flexibility index (Phi) is 1.81. The normalized spacial score (nSPS) is 30.7. The Balaban J connectivity index is 2.58. The maximum absolute atomic E-state index is 2.32. The fourth-order valence-electron chi connectivity index (χ4n) is 1.31. The molecule has 0 N–H and O–H groups in total. The first-order chi connectivity index (χ1) is 3.91. The third kappa shape index (κ3) is 2.08. The van der Waals surface area contributed by atoms with Gasteiger partial charge in [0.25, 0.3) is 0 Å². The van der Waals surface area contributed by atoms with Crippen LogP contribution in [0.5, 0.6) is 0 Å². The smallest absolute Gasteiger partial charge is 0.0220 e. The van der Waals surface area contributed by atoms with Gasteiger partial charge >= 0.3 is 0 Å². The summed E-state index contributed by atoms with van der Waals surface area (Å²) in [7, 11) is 4.05. The van der Waals surface area contributed by atoms with Crippen molar-refractivity contribution in [1.82, 2.24) is 0 Å². The molecule has 0 aliphatic carbocycles. The molecule has 0 atom stereocenters.